The number of hydrogen-bond acceptors (Lipinski definition) is 5. The molecule has 19 heavy (non-hydrogen) atoms. The summed E-state index contributed by atoms with van der Waals surface area (Å²) in [4.78, 5) is 4.28. The minimum atomic E-state index is -3.27. The number of nitrogens with one attached hydrogen (secondary N) is 1. The summed E-state index contributed by atoms with van der Waals surface area (Å²) in [6, 6.07) is 9.91. The molecule has 100 valence electrons. The van der Waals surface area contributed by atoms with Crippen LogP contribution in [-0.4, -0.2) is 24.8 Å². The highest BCUT2D eigenvalue weighted by molar-refractivity contribution is 7.90. The van der Waals surface area contributed by atoms with Crippen LogP contribution in [-0.2, 0) is 16.4 Å². The van der Waals surface area contributed by atoms with Gasteiger partial charge in [-0.25, -0.2) is 8.42 Å². The lowest BCUT2D eigenvalue weighted by Crippen LogP contribution is -2.06. The molecule has 0 fully saturated rings. The van der Waals surface area contributed by atoms with Gasteiger partial charge in [0, 0.05) is 6.26 Å². The molecule has 1 heterocycles. The molecule has 0 aliphatic heterocycles. The number of para-hydroxylation sites is 1. The predicted molar refractivity (Wildman–Crippen MR) is 72.8 cm³/mol. The van der Waals surface area contributed by atoms with Crippen molar-refractivity contribution in [2.75, 3.05) is 11.6 Å². The first-order valence-corrected chi connectivity index (χ1v) is 7.53. The molecule has 5 nitrogen and oxygen atoms in total. The van der Waals surface area contributed by atoms with Gasteiger partial charge in [-0.05, 0) is 24.3 Å². The summed E-state index contributed by atoms with van der Waals surface area (Å²) in [6.07, 6.45) is 2.52. The van der Waals surface area contributed by atoms with Gasteiger partial charge in [-0.2, -0.15) is 0 Å². The van der Waals surface area contributed by atoms with Crippen molar-refractivity contribution in [3.63, 3.8) is 0 Å². The van der Waals surface area contributed by atoms with Crippen LogP contribution >= 0.6 is 0 Å². The molecule has 6 heteroatoms. The third kappa shape index (κ3) is 3.45. The highest BCUT2D eigenvalue weighted by atomic mass is 32.2. The Labute approximate surface area is 111 Å². The number of benzene rings is 1. The summed E-state index contributed by atoms with van der Waals surface area (Å²) in [5.41, 5.74) is 1.25. The fourth-order valence-corrected chi connectivity index (χ4v) is 2.51. The van der Waals surface area contributed by atoms with Crippen LogP contribution in [0.5, 0.6) is 5.75 Å². The summed E-state index contributed by atoms with van der Waals surface area (Å²) in [7, 11) is -3.27. The zero-order chi connectivity index (χ0) is 13.9. The molecule has 0 unspecified atom stereocenters. The topological polar surface area (TPSA) is 79.3 Å². The number of aromatic hydroxyl groups is 1. The van der Waals surface area contributed by atoms with Gasteiger partial charge >= 0.3 is 0 Å². The Kier molecular flexibility index (Phi) is 3.71. The molecule has 0 radical (unpaired) electrons. The molecule has 0 aliphatic rings. The first-order valence-electron chi connectivity index (χ1n) is 5.63. The molecule has 0 saturated heterocycles. The standard InChI is InChI=1S/C13H14N2O3S/c1-19(17,18)13-5-3-2-4-12(13)15-8-10-6-7-11(16)9-14-10/h2-7,9,15-16H,8H2,1H3. The molecule has 1 aromatic carbocycles. The molecule has 0 saturated carbocycles. The van der Waals surface area contributed by atoms with Crippen LogP contribution in [0.25, 0.3) is 0 Å². The number of hydrogen-bond donors (Lipinski definition) is 2. The maximum absolute atomic E-state index is 11.6. The third-order valence-corrected chi connectivity index (χ3v) is 3.71. The van der Waals surface area contributed by atoms with Crippen LogP contribution in [0.15, 0.2) is 47.5 Å². The van der Waals surface area contributed by atoms with Gasteiger partial charge in [-0.3, -0.25) is 4.98 Å². The fraction of sp³-hybridized carbons (Fsp3) is 0.154. The number of anilines is 1. The molecule has 0 atom stereocenters. The van der Waals surface area contributed by atoms with Gasteiger partial charge in [0.2, 0.25) is 0 Å². The van der Waals surface area contributed by atoms with Gasteiger partial charge in [-0.15, -0.1) is 0 Å². The summed E-state index contributed by atoms with van der Waals surface area (Å²) >= 11 is 0. The lowest BCUT2D eigenvalue weighted by molar-refractivity contribution is 0.472. The van der Waals surface area contributed by atoms with Crippen molar-refractivity contribution in [2.24, 2.45) is 0 Å². The predicted octanol–water partition coefficient (Wildman–Crippen LogP) is 1.80. The van der Waals surface area contributed by atoms with Crippen molar-refractivity contribution in [1.82, 2.24) is 4.98 Å². The smallest absolute Gasteiger partial charge is 0.177 e. The van der Waals surface area contributed by atoms with E-state index in [4.69, 9.17) is 5.11 Å². The quantitative estimate of drug-likeness (QED) is 0.891. The minimum Gasteiger partial charge on any atom is -0.506 e. The Morgan fingerprint density at radius 1 is 1.21 bits per heavy atom. The van der Waals surface area contributed by atoms with Gasteiger partial charge in [-0.1, -0.05) is 12.1 Å². The first kappa shape index (κ1) is 13.4. The fourth-order valence-electron chi connectivity index (χ4n) is 1.64. The number of rotatable bonds is 4. The van der Waals surface area contributed by atoms with Crippen LogP contribution in [0, 0.1) is 0 Å². The number of nitrogens with zero attached hydrogens (tertiary/aromatic N) is 1. The van der Waals surface area contributed by atoms with E-state index >= 15 is 0 Å². The third-order valence-electron chi connectivity index (χ3n) is 2.56. The van der Waals surface area contributed by atoms with Crippen LogP contribution in [0.1, 0.15) is 5.69 Å². The van der Waals surface area contributed by atoms with E-state index in [1.165, 1.54) is 18.5 Å². The SMILES string of the molecule is CS(=O)(=O)c1ccccc1NCc1ccc(O)cn1. The Bertz CT molecular complexity index is 667. The number of aromatic nitrogens is 1. The maximum Gasteiger partial charge on any atom is 0.177 e. The summed E-state index contributed by atoms with van der Waals surface area (Å²) in [6.45, 7) is 0.382. The molecular formula is C13H14N2O3S. The van der Waals surface area contributed by atoms with Gasteiger partial charge in [0.05, 0.1) is 29.0 Å². The Morgan fingerprint density at radius 3 is 2.58 bits per heavy atom. The minimum absolute atomic E-state index is 0.0975. The Morgan fingerprint density at radius 2 is 1.95 bits per heavy atom. The molecule has 2 rings (SSSR count). The van der Waals surface area contributed by atoms with Gasteiger partial charge in [0.25, 0.3) is 0 Å². The normalized spacial score (nSPS) is 11.2. The maximum atomic E-state index is 11.6. The van der Waals surface area contributed by atoms with E-state index in [1.807, 2.05) is 0 Å². The molecule has 0 spiro atoms. The molecule has 2 N–H and O–H groups in total. The van der Waals surface area contributed by atoms with Gasteiger partial charge < -0.3 is 10.4 Å². The van der Waals surface area contributed by atoms with Crippen molar-refractivity contribution < 1.29 is 13.5 Å². The molecule has 1 aromatic heterocycles. The van der Waals surface area contributed by atoms with Gasteiger partial charge in [0.15, 0.2) is 9.84 Å². The second kappa shape index (κ2) is 5.27. The van der Waals surface area contributed by atoms with E-state index in [1.54, 1.807) is 30.3 Å². The van der Waals surface area contributed by atoms with E-state index < -0.39 is 9.84 Å². The van der Waals surface area contributed by atoms with E-state index in [0.717, 1.165) is 0 Å². The lowest BCUT2D eigenvalue weighted by atomic mass is 10.3. The molecule has 0 amide bonds. The van der Waals surface area contributed by atoms with Crippen LogP contribution in [0.3, 0.4) is 0 Å². The van der Waals surface area contributed by atoms with Crippen molar-refractivity contribution in [1.29, 1.82) is 0 Å². The van der Waals surface area contributed by atoms with Crippen molar-refractivity contribution in [2.45, 2.75) is 11.4 Å². The monoisotopic (exact) mass is 278 g/mol. The zero-order valence-corrected chi connectivity index (χ0v) is 11.2. The van der Waals surface area contributed by atoms with Crippen molar-refractivity contribution in [3.8, 4) is 5.75 Å². The summed E-state index contributed by atoms with van der Waals surface area (Å²) < 4.78 is 23.2. The lowest BCUT2D eigenvalue weighted by Gasteiger charge is -2.10. The van der Waals surface area contributed by atoms with E-state index in [0.29, 0.717) is 17.9 Å². The highest BCUT2D eigenvalue weighted by Gasteiger charge is 2.12. The average molecular weight is 278 g/mol. The van der Waals surface area contributed by atoms with E-state index in [2.05, 4.69) is 10.3 Å². The van der Waals surface area contributed by atoms with Crippen LogP contribution in [0.2, 0.25) is 0 Å². The Hall–Kier alpha value is -2.08. The van der Waals surface area contributed by atoms with Crippen LogP contribution < -0.4 is 5.32 Å². The van der Waals surface area contributed by atoms with Crippen LogP contribution in [0.4, 0.5) is 5.69 Å². The number of pyridine rings is 1. The number of sulfone groups is 1. The average Bonchev–Trinajstić information content (AvgIpc) is 2.37. The summed E-state index contributed by atoms with van der Waals surface area (Å²) in [5, 5.41) is 12.2. The molecule has 0 bridgehead atoms. The zero-order valence-electron chi connectivity index (χ0n) is 10.4. The molecule has 2 aromatic rings. The van der Waals surface area contributed by atoms with Gasteiger partial charge in [0.1, 0.15) is 5.75 Å². The van der Waals surface area contributed by atoms with E-state index in [9.17, 15) is 8.42 Å². The second-order valence-corrected chi connectivity index (χ2v) is 6.11. The Balaban J connectivity index is 2.18. The largest absolute Gasteiger partial charge is 0.506 e. The van der Waals surface area contributed by atoms with E-state index in [-0.39, 0.29) is 10.6 Å². The second-order valence-electron chi connectivity index (χ2n) is 4.13. The first-order chi connectivity index (χ1) is 8.97. The molecule has 0 aliphatic carbocycles. The van der Waals surface area contributed by atoms with Crippen molar-refractivity contribution >= 4 is 15.5 Å². The summed E-state index contributed by atoms with van der Waals surface area (Å²) in [5.74, 6) is 0.0975. The highest BCUT2D eigenvalue weighted by Crippen LogP contribution is 2.21. The van der Waals surface area contributed by atoms with Crippen molar-refractivity contribution in [3.05, 3.63) is 48.3 Å². The molecular weight excluding hydrogens is 264 g/mol.